The summed E-state index contributed by atoms with van der Waals surface area (Å²) in [5.74, 6) is -2.03. The zero-order valence-corrected chi connectivity index (χ0v) is 10.6. The molecule has 0 bridgehead atoms. The summed E-state index contributed by atoms with van der Waals surface area (Å²) in [5.41, 5.74) is 6.01. The van der Waals surface area contributed by atoms with E-state index in [1.165, 1.54) is 0 Å². The van der Waals surface area contributed by atoms with Crippen LogP contribution in [-0.4, -0.2) is 33.6 Å². The number of carboxylic acids is 1. The number of rotatable bonds is 4. The van der Waals surface area contributed by atoms with E-state index in [9.17, 15) is 14.4 Å². The van der Waals surface area contributed by atoms with Crippen molar-refractivity contribution in [2.24, 2.45) is 10.8 Å². The molecule has 0 spiro atoms. The van der Waals surface area contributed by atoms with Crippen LogP contribution in [0.3, 0.4) is 0 Å². The second-order valence-corrected chi connectivity index (χ2v) is 4.32. The Morgan fingerprint density at radius 2 is 2.00 bits per heavy atom. The maximum Gasteiger partial charge on any atom is 0.352 e. The van der Waals surface area contributed by atoms with Crippen molar-refractivity contribution in [3.63, 3.8) is 0 Å². The summed E-state index contributed by atoms with van der Waals surface area (Å²) in [6.45, 7) is 0.0225. The first-order valence-corrected chi connectivity index (χ1v) is 5.98. The van der Waals surface area contributed by atoms with E-state index >= 15 is 0 Å². The maximum absolute atomic E-state index is 11.8. The first kappa shape index (κ1) is 13.7. The van der Waals surface area contributed by atoms with Crippen LogP contribution < -0.4 is 5.73 Å². The van der Waals surface area contributed by atoms with Crippen LogP contribution in [0.4, 0.5) is 0 Å². The van der Waals surface area contributed by atoms with Gasteiger partial charge in [0.25, 0.3) is 0 Å². The second kappa shape index (κ2) is 5.52. The van der Waals surface area contributed by atoms with Gasteiger partial charge in [-0.05, 0) is 11.6 Å². The zero-order chi connectivity index (χ0) is 14.7. The Bertz CT molecular complexity index is 609. The van der Waals surface area contributed by atoms with Gasteiger partial charge in [0.2, 0.25) is 11.8 Å². The van der Waals surface area contributed by atoms with Crippen molar-refractivity contribution in [1.82, 2.24) is 5.01 Å². The molecule has 7 nitrogen and oxygen atoms in total. The van der Waals surface area contributed by atoms with Crippen molar-refractivity contribution in [3.8, 4) is 0 Å². The molecule has 20 heavy (non-hydrogen) atoms. The first-order valence-electron chi connectivity index (χ1n) is 5.98. The molecule has 0 saturated carbocycles. The molecule has 0 saturated heterocycles. The molecular weight excluding hydrogens is 262 g/mol. The predicted octanol–water partition coefficient (Wildman–Crippen LogP) is 0.348. The lowest BCUT2D eigenvalue weighted by Crippen LogP contribution is -2.34. The van der Waals surface area contributed by atoms with Crippen molar-refractivity contribution in [2.45, 2.75) is 19.4 Å². The molecule has 0 aliphatic carbocycles. The number of benzene rings is 1. The summed E-state index contributed by atoms with van der Waals surface area (Å²) in [7, 11) is 0. The summed E-state index contributed by atoms with van der Waals surface area (Å²) >= 11 is 0. The van der Waals surface area contributed by atoms with E-state index in [2.05, 4.69) is 5.10 Å². The molecule has 1 aliphatic rings. The number of hydrogen-bond acceptors (Lipinski definition) is 4. The number of carbonyl (C=O) groups excluding carboxylic acids is 2. The van der Waals surface area contributed by atoms with Gasteiger partial charge in [-0.25, -0.2) is 9.80 Å². The fourth-order valence-electron chi connectivity index (χ4n) is 1.94. The Morgan fingerprint density at radius 1 is 1.30 bits per heavy atom. The third-order valence-corrected chi connectivity index (χ3v) is 2.95. The highest BCUT2D eigenvalue weighted by molar-refractivity contribution is 6.36. The van der Waals surface area contributed by atoms with Crippen LogP contribution in [0.5, 0.6) is 0 Å². The van der Waals surface area contributed by atoms with E-state index in [0.717, 1.165) is 5.01 Å². The summed E-state index contributed by atoms with van der Waals surface area (Å²) in [6, 6.07) is 6.57. The van der Waals surface area contributed by atoms with Gasteiger partial charge in [0.05, 0.1) is 6.54 Å². The molecule has 0 unspecified atom stereocenters. The Kier molecular flexibility index (Phi) is 3.79. The van der Waals surface area contributed by atoms with Crippen LogP contribution >= 0.6 is 0 Å². The highest BCUT2D eigenvalue weighted by Crippen LogP contribution is 2.16. The summed E-state index contributed by atoms with van der Waals surface area (Å²) in [6.07, 6.45) is 0.200. The third kappa shape index (κ3) is 2.82. The zero-order valence-electron chi connectivity index (χ0n) is 10.6. The molecule has 2 amide bonds. The number of hydrogen-bond donors (Lipinski definition) is 2. The molecule has 0 atom stereocenters. The molecule has 3 N–H and O–H groups in total. The number of carbonyl (C=O) groups is 3. The summed E-state index contributed by atoms with van der Waals surface area (Å²) < 4.78 is 0. The molecule has 0 aromatic heterocycles. The summed E-state index contributed by atoms with van der Waals surface area (Å²) in [4.78, 5) is 34.0. The van der Waals surface area contributed by atoms with Crippen molar-refractivity contribution in [2.75, 3.05) is 0 Å². The second-order valence-electron chi connectivity index (χ2n) is 4.32. The Hall–Kier alpha value is -2.70. The third-order valence-electron chi connectivity index (χ3n) is 2.95. The number of amides is 2. The van der Waals surface area contributed by atoms with Crippen LogP contribution in [0.25, 0.3) is 0 Å². The largest absolute Gasteiger partial charge is 0.477 e. The topological polar surface area (TPSA) is 113 Å². The normalized spacial score (nSPS) is 14.9. The van der Waals surface area contributed by atoms with Crippen LogP contribution in [0, 0.1) is 0 Å². The minimum absolute atomic E-state index is 0.0225. The highest BCUT2D eigenvalue weighted by Gasteiger charge is 2.25. The van der Waals surface area contributed by atoms with E-state index in [4.69, 9.17) is 10.8 Å². The molecule has 1 heterocycles. The smallest absolute Gasteiger partial charge is 0.352 e. The Labute approximate surface area is 114 Å². The van der Waals surface area contributed by atoms with Crippen molar-refractivity contribution < 1.29 is 19.5 Å². The van der Waals surface area contributed by atoms with E-state index < -0.39 is 11.9 Å². The van der Waals surface area contributed by atoms with E-state index in [1.54, 1.807) is 24.3 Å². The van der Waals surface area contributed by atoms with E-state index in [1.807, 2.05) is 0 Å². The number of aliphatic carboxylic acids is 1. The van der Waals surface area contributed by atoms with Gasteiger partial charge < -0.3 is 10.8 Å². The van der Waals surface area contributed by atoms with Gasteiger partial charge in [0.15, 0.2) is 0 Å². The van der Waals surface area contributed by atoms with Crippen molar-refractivity contribution in [1.29, 1.82) is 0 Å². The van der Waals surface area contributed by atoms with Crippen molar-refractivity contribution >= 4 is 23.5 Å². The van der Waals surface area contributed by atoms with Gasteiger partial charge in [0, 0.05) is 18.4 Å². The van der Waals surface area contributed by atoms with Gasteiger partial charge in [-0.3, -0.25) is 9.59 Å². The molecule has 0 fully saturated rings. The lowest BCUT2D eigenvalue weighted by atomic mass is 10.1. The van der Waals surface area contributed by atoms with Crippen LogP contribution in [0.15, 0.2) is 29.4 Å². The average Bonchev–Trinajstić information content (AvgIpc) is 2.41. The molecule has 0 radical (unpaired) electrons. The van der Waals surface area contributed by atoms with E-state index in [-0.39, 0.29) is 36.6 Å². The summed E-state index contributed by atoms with van der Waals surface area (Å²) in [5, 5.41) is 13.8. The van der Waals surface area contributed by atoms with Gasteiger partial charge in [0.1, 0.15) is 5.71 Å². The van der Waals surface area contributed by atoms with Crippen LogP contribution in [-0.2, 0) is 16.1 Å². The molecule has 104 valence electrons. The molecule has 1 aromatic carbocycles. The Balaban J connectivity index is 2.29. The lowest BCUT2D eigenvalue weighted by molar-refractivity contribution is -0.133. The monoisotopic (exact) mass is 275 g/mol. The minimum Gasteiger partial charge on any atom is -0.477 e. The predicted molar refractivity (Wildman–Crippen MR) is 69.8 cm³/mol. The molecule has 1 aromatic rings. The van der Waals surface area contributed by atoms with Gasteiger partial charge in [-0.2, -0.15) is 5.10 Å². The number of carboxylic acid groups (broad SMARTS) is 1. The SMILES string of the molecule is NC(=O)c1ccccc1CN1N=C(C(=O)O)CCC1=O. The maximum atomic E-state index is 11.8. The van der Waals surface area contributed by atoms with Crippen LogP contribution in [0.1, 0.15) is 28.8 Å². The van der Waals surface area contributed by atoms with Gasteiger partial charge >= 0.3 is 5.97 Å². The highest BCUT2D eigenvalue weighted by atomic mass is 16.4. The van der Waals surface area contributed by atoms with E-state index in [0.29, 0.717) is 5.56 Å². The molecule has 1 aliphatic heterocycles. The quantitative estimate of drug-likeness (QED) is 0.825. The van der Waals surface area contributed by atoms with Gasteiger partial charge in [-0.15, -0.1) is 0 Å². The molecule has 7 heteroatoms. The number of nitrogens with zero attached hydrogens (tertiary/aromatic N) is 2. The molecular formula is C13H13N3O4. The fraction of sp³-hybridized carbons (Fsp3) is 0.231. The lowest BCUT2D eigenvalue weighted by Gasteiger charge is -2.22. The number of hydrazone groups is 1. The first-order chi connectivity index (χ1) is 9.49. The molecule has 2 rings (SSSR count). The Morgan fingerprint density at radius 3 is 2.65 bits per heavy atom. The fourth-order valence-corrected chi connectivity index (χ4v) is 1.94. The number of primary amides is 1. The van der Waals surface area contributed by atoms with Gasteiger partial charge in [-0.1, -0.05) is 18.2 Å². The number of nitrogens with two attached hydrogens (primary N) is 1. The minimum atomic E-state index is -1.15. The average molecular weight is 275 g/mol. The van der Waals surface area contributed by atoms with Crippen LogP contribution in [0.2, 0.25) is 0 Å². The van der Waals surface area contributed by atoms with Crippen molar-refractivity contribution in [3.05, 3.63) is 35.4 Å². The standard InChI is InChI=1S/C13H13N3O4/c14-12(18)9-4-2-1-3-8(9)7-16-11(17)6-5-10(15-16)13(19)20/h1-4H,5-7H2,(H2,14,18)(H,19,20).